The number of aryl methyl sites for hydroxylation is 2. The van der Waals surface area contributed by atoms with E-state index >= 15 is 0 Å². The van der Waals surface area contributed by atoms with Gasteiger partial charge in [0.15, 0.2) is 0 Å². The van der Waals surface area contributed by atoms with Crippen LogP contribution in [-0.4, -0.2) is 55.9 Å². The number of allylic oxidation sites excluding steroid dienone is 2. The number of nitrogens with zero attached hydrogens (tertiary/aromatic N) is 4. The Morgan fingerprint density at radius 2 is 1.81 bits per heavy atom. The van der Waals surface area contributed by atoms with Crippen LogP contribution in [0.4, 0.5) is 5.82 Å². The minimum Gasteiger partial charge on any atom is -0.508 e. The predicted octanol–water partition coefficient (Wildman–Crippen LogP) is 5.60. The Morgan fingerprint density at radius 3 is 2.56 bits per heavy atom. The summed E-state index contributed by atoms with van der Waals surface area (Å²) in [6.45, 7) is 3.76. The first-order valence-corrected chi connectivity index (χ1v) is 16.8. The van der Waals surface area contributed by atoms with Crippen molar-refractivity contribution in [3.8, 4) is 22.1 Å². The van der Waals surface area contributed by atoms with E-state index in [1.54, 1.807) is 37.4 Å². The lowest BCUT2D eigenvalue weighted by Crippen LogP contribution is -2.49. The third-order valence-corrected chi connectivity index (χ3v) is 12.5. The van der Waals surface area contributed by atoms with Crippen LogP contribution in [0.25, 0.3) is 20.7 Å². The van der Waals surface area contributed by atoms with E-state index in [4.69, 9.17) is 21.4 Å². The first kappa shape index (κ1) is 30.8. The van der Waals surface area contributed by atoms with E-state index in [2.05, 4.69) is 0 Å². The third kappa shape index (κ3) is 3.99. The van der Waals surface area contributed by atoms with Gasteiger partial charge in [-0.25, -0.2) is 4.90 Å². The van der Waals surface area contributed by atoms with Gasteiger partial charge in [0.1, 0.15) is 23.0 Å². The van der Waals surface area contributed by atoms with Gasteiger partial charge in [-0.15, -0.1) is 11.3 Å². The van der Waals surface area contributed by atoms with E-state index in [1.165, 1.54) is 28.8 Å². The highest BCUT2D eigenvalue weighted by atomic mass is 35.5. The number of methoxy groups -OCH3 is 1. The second kappa shape index (κ2) is 10.5. The summed E-state index contributed by atoms with van der Waals surface area (Å²) in [4.78, 5) is 57.8. The number of hydroxylamine groups is 2. The Kier molecular flexibility index (Phi) is 6.73. The van der Waals surface area contributed by atoms with E-state index in [9.17, 15) is 29.5 Å². The smallest absolute Gasteiger partial charge is 0.257 e. The van der Waals surface area contributed by atoms with Gasteiger partial charge in [-0.05, 0) is 67.8 Å². The molecule has 4 aromatic rings. The number of carbonyl (C=O) groups excluding carboxylic acids is 4. The number of hydrogen-bond donors (Lipinski definition) is 2. The van der Waals surface area contributed by atoms with Crippen molar-refractivity contribution in [2.24, 2.45) is 36.1 Å². The highest BCUT2D eigenvalue weighted by Gasteiger charge is 2.68. The first-order chi connectivity index (χ1) is 22.9. The van der Waals surface area contributed by atoms with Crippen LogP contribution in [0.2, 0.25) is 5.02 Å². The number of carbonyl (C=O) groups is 4. The fourth-order valence-electron chi connectivity index (χ4n) is 8.71. The summed E-state index contributed by atoms with van der Waals surface area (Å²) in [6, 6.07) is 12.1. The molecule has 4 amide bonds. The molecule has 246 valence electrons. The van der Waals surface area contributed by atoms with Gasteiger partial charge in [0.25, 0.3) is 11.8 Å². The summed E-state index contributed by atoms with van der Waals surface area (Å²) in [5.74, 6) is -5.47. The zero-order chi connectivity index (χ0) is 34.0. The number of aromatic nitrogens is 2. The topological polar surface area (TPSA) is 142 Å². The van der Waals surface area contributed by atoms with Crippen LogP contribution in [0.5, 0.6) is 11.5 Å². The van der Waals surface area contributed by atoms with E-state index < -0.39 is 58.6 Å². The summed E-state index contributed by atoms with van der Waals surface area (Å²) in [5, 5.41) is 27.2. The molecule has 0 radical (unpaired) electrons. The Morgan fingerprint density at radius 1 is 1.04 bits per heavy atom. The van der Waals surface area contributed by atoms with Crippen LogP contribution < -0.4 is 9.64 Å². The minimum atomic E-state index is -1.32. The van der Waals surface area contributed by atoms with E-state index in [1.807, 2.05) is 31.2 Å². The molecule has 8 rings (SSSR count). The number of amides is 4. The van der Waals surface area contributed by atoms with Gasteiger partial charge in [-0.2, -0.15) is 10.2 Å². The summed E-state index contributed by atoms with van der Waals surface area (Å²) in [7, 11) is 3.15. The summed E-state index contributed by atoms with van der Waals surface area (Å²) >= 11 is 7.82. The van der Waals surface area contributed by atoms with Crippen molar-refractivity contribution in [2.75, 3.05) is 12.0 Å². The number of ether oxygens (including phenoxy) is 1. The average molecular weight is 687 g/mol. The van der Waals surface area contributed by atoms with Crippen LogP contribution in [0.1, 0.15) is 36.8 Å². The van der Waals surface area contributed by atoms with Crippen molar-refractivity contribution < 1.29 is 34.2 Å². The van der Waals surface area contributed by atoms with Gasteiger partial charge >= 0.3 is 0 Å². The number of phenolic OH excluding ortho intramolecular Hbond substituents is 1. The lowest BCUT2D eigenvalue weighted by Gasteiger charge is -2.49. The maximum atomic E-state index is 14.9. The number of fused-ring (bicyclic) bond motifs is 5. The van der Waals surface area contributed by atoms with Gasteiger partial charge in [-0.3, -0.25) is 29.1 Å². The molecule has 11 nitrogen and oxygen atoms in total. The first-order valence-electron chi connectivity index (χ1n) is 15.6. The summed E-state index contributed by atoms with van der Waals surface area (Å²) < 4.78 is 8.26. The molecule has 48 heavy (non-hydrogen) atoms. The molecular formula is C35H31ClN4O7S. The van der Waals surface area contributed by atoms with Crippen molar-refractivity contribution in [3.05, 3.63) is 70.3 Å². The number of anilines is 1. The van der Waals surface area contributed by atoms with Crippen molar-refractivity contribution in [1.29, 1.82) is 0 Å². The zero-order valence-electron chi connectivity index (χ0n) is 26.4. The van der Waals surface area contributed by atoms with Gasteiger partial charge in [0.05, 0.1) is 35.2 Å². The predicted molar refractivity (Wildman–Crippen MR) is 177 cm³/mol. The molecular weight excluding hydrogens is 656 g/mol. The fraction of sp³-hybridized carbons (Fsp3) is 0.343. The fourth-order valence-corrected chi connectivity index (χ4v) is 10.0. The normalized spacial score (nSPS) is 28.2. The standard InChI is InChI=1S/C35H31ClN4O7S/c1-15-21-11-16(36)5-10-26(21)48-30(15)24-14-27(38(3)37-24)39-32(43)23-13-22-18(8-9-20-28(22)33(44)40(46)31(20)42)29(35(23,2)34(39)45)19-7-6-17(41)12-25(19)47-4/h5-8,10-12,14,20,22-23,28-29,41,46H,9,13H2,1-4H3. The van der Waals surface area contributed by atoms with E-state index in [0.29, 0.717) is 27.8 Å². The number of rotatable bonds is 4. The third-order valence-electron chi connectivity index (χ3n) is 11.0. The molecule has 13 heteroatoms. The highest BCUT2D eigenvalue weighted by molar-refractivity contribution is 7.22. The molecule has 2 aromatic heterocycles. The molecule has 1 saturated carbocycles. The van der Waals surface area contributed by atoms with Crippen LogP contribution in [-0.2, 0) is 26.2 Å². The molecule has 2 aliphatic heterocycles. The summed E-state index contributed by atoms with van der Waals surface area (Å²) in [5.41, 5.74) is 1.58. The Labute approximate surface area is 283 Å². The number of hydrogen-bond acceptors (Lipinski definition) is 9. The lowest BCUT2D eigenvalue weighted by molar-refractivity contribution is -0.173. The zero-order valence-corrected chi connectivity index (χ0v) is 28.0. The number of halogens is 1. The molecule has 2 aromatic carbocycles. The lowest BCUT2D eigenvalue weighted by atomic mass is 9.51. The van der Waals surface area contributed by atoms with Crippen molar-refractivity contribution in [1.82, 2.24) is 14.8 Å². The van der Waals surface area contributed by atoms with Gasteiger partial charge in [0, 0.05) is 40.4 Å². The minimum absolute atomic E-state index is 0.0356. The largest absolute Gasteiger partial charge is 0.508 e. The van der Waals surface area contributed by atoms with Crippen LogP contribution in [0, 0.1) is 36.0 Å². The highest BCUT2D eigenvalue weighted by Crippen LogP contribution is 2.64. The molecule has 4 heterocycles. The number of aromatic hydroxyl groups is 1. The average Bonchev–Trinajstić information content (AvgIpc) is 3.72. The Hall–Kier alpha value is -4.52. The van der Waals surface area contributed by atoms with Crippen LogP contribution in [0.15, 0.2) is 54.1 Å². The number of thiophene rings is 1. The number of benzene rings is 2. The maximum absolute atomic E-state index is 14.9. The van der Waals surface area contributed by atoms with Crippen molar-refractivity contribution >= 4 is 62.5 Å². The Bertz CT molecular complexity index is 2150. The molecule has 2 N–H and O–H groups in total. The Balaban J connectivity index is 1.27. The quantitative estimate of drug-likeness (QED) is 0.161. The summed E-state index contributed by atoms with van der Waals surface area (Å²) in [6.07, 6.45) is 2.22. The molecule has 6 atom stereocenters. The maximum Gasteiger partial charge on any atom is 0.257 e. The number of imide groups is 2. The second-order valence-corrected chi connectivity index (χ2v) is 14.8. The van der Waals surface area contributed by atoms with Crippen molar-refractivity contribution in [2.45, 2.75) is 32.6 Å². The van der Waals surface area contributed by atoms with Gasteiger partial charge < -0.3 is 9.84 Å². The molecule has 0 bridgehead atoms. The van der Waals surface area contributed by atoms with Crippen molar-refractivity contribution in [3.63, 3.8) is 0 Å². The molecule has 3 fully saturated rings. The molecule has 2 aliphatic carbocycles. The van der Waals surface area contributed by atoms with Crippen LogP contribution in [0.3, 0.4) is 0 Å². The van der Waals surface area contributed by atoms with E-state index in [0.717, 1.165) is 26.1 Å². The molecule has 4 aliphatic rings. The molecule has 0 spiro atoms. The molecule has 6 unspecified atom stereocenters. The van der Waals surface area contributed by atoms with Gasteiger partial charge in [-0.1, -0.05) is 29.3 Å². The number of phenols is 1. The second-order valence-electron chi connectivity index (χ2n) is 13.3. The van der Waals surface area contributed by atoms with Crippen LogP contribution >= 0.6 is 22.9 Å². The monoisotopic (exact) mass is 686 g/mol. The SMILES string of the molecule is COc1cc(O)ccc1C1C2=CCC3C(=O)N(O)C(=O)C3C2CC2C(=O)N(c3cc(-c4sc5ccc(Cl)cc5c4C)nn3C)C(=O)C21C. The van der Waals surface area contributed by atoms with E-state index in [-0.39, 0.29) is 23.7 Å². The van der Waals surface area contributed by atoms with Gasteiger partial charge in [0.2, 0.25) is 11.8 Å². The molecule has 2 saturated heterocycles.